The predicted molar refractivity (Wildman–Crippen MR) is 77.6 cm³/mol. The highest BCUT2D eigenvalue weighted by molar-refractivity contribution is 9.10. The molecule has 0 aliphatic carbocycles. The van der Waals surface area contributed by atoms with Crippen molar-refractivity contribution >= 4 is 38.3 Å². The number of aromatic nitrogens is 2. The van der Waals surface area contributed by atoms with Crippen LogP contribution in [0.1, 0.15) is 0 Å². The minimum atomic E-state index is -0.716. The van der Waals surface area contributed by atoms with E-state index in [1.807, 2.05) is 0 Å². The summed E-state index contributed by atoms with van der Waals surface area (Å²) in [6.07, 6.45) is 0. The molecule has 100 valence electrons. The van der Waals surface area contributed by atoms with Crippen LogP contribution in [0.2, 0.25) is 5.15 Å². The van der Waals surface area contributed by atoms with Crippen LogP contribution in [0, 0.1) is 11.6 Å². The van der Waals surface area contributed by atoms with Gasteiger partial charge in [0.05, 0.1) is 10.0 Å². The molecule has 0 atom stereocenters. The topological polar surface area (TPSA) is 25.8 Å². The second kappa shape index (κ2) is 5.07. The molecule has 2 nitrogen and oxygen atoms in total. The predicted octanol–water partition coefficient (Wildman–Crippen LogP) is 4.99. The van der Waals surface area contributed by atoms with Crippen LogP contribution >= 0.6 is 27.5 Å². The molecule has 2 aromatic carbocycles. The monoisotopic (exact) mass is 354 g/mol. The number of nitrogens with zero attached hydrogens (tertiary/aromatic N) is 2. The van der Waals surface area contributed by atoms with Crippen molar-refractivity contribution in [2.24, 2.45) is 0 Å². The van der Waals surface area contributed by atoms with E-state index in [0.29, 0.717) is 10.8 Å². The molecule has 0 radical (unpaired) electrons. The number of rotatable bonds is 1. The average molecular weight is 356 g/mol. The third kappa shape index (κ3) is 2.07. The lowest BCUT2D eigenvalue weighted by Gasteiger charge is -2.09. The quantitative estimate of drug-likeness (QED) is 0.575. The van der Waals surface area contributed by atoms with Gasteiger partial charge in [0.15, 0.2) is 5.15 Å². The van der Waals surface area contributed by atoms with Gasteiger partial charge < -0.3 is 0 Å². The van der Waals surface area contributed by atoms with E-state index in [-0.39, 0.29) is 20.9 Å². The number of benzene rings is 2. The van der Waals surface area contributed by atoms with Gasteiger partial charge in [-0.15, -0.1) is 10.2 Å². The Morgan fingerprint density at radius 3 is 2.40 bits per heavy atom. The van der Waals surface area contributed by atoms with Gasteiger partial charge in [-0.3, -0.25) is 0 Å². The summed E-state index contributed by atoms with van der Waals surface area (Å²) in [5, 5.41) is 8.95. The van der Waals surface area contributed by atoms with Gasteiger partial charge >= 0.3 is 0 Å². The van der Waals surface area contributed by atoms with Crippen LogP contribution < -0.4 is 0 Å². The van der Waals surface area contributed by atoms with Gasteiger partial charge in [-0.1, -0.05) is 35.9 Å². The first-order valence-electron chi connectivity index (χ1n) is 5.64. The van der Waals surface area contributed by atoms with Gasteiger partial charge in [-0.05, 0) is 28.1 Å². The van der Waals surface area contributed by atoms with Gasteiger partial charge in [0, 0.05) is 10.8 Å². The van der Waals surface area contributed by atoms with Crippen molar-refractivity contribution in [1.29, 1.82) is 0 Å². The first kappa shape index (κ1) is 13.4. The Hall–Kier alpha value is -1.59. The van der Waals surface area contributed by atoms with Crippen molar-refractivity contribution in [3.05, 3.63) is 57.7 Å². The van der Waals surface area contributed by atoms with Crippen molar-refractivity contribution < 1.29 is 8.78 Å². The maximum atomic E-state index is 14.2. The zero-order valence-corrected chi connectivity index (χ0v) is 12.2. The summed E-state index contributed by atoms with van der Waals surface area (Å²) < 4.78 is 28.3. The zero-order chi connectivity index (χ0) is 14.3. The van der Waals surface area contributed by atoms with E-state index < -0.39 is 11.6 Å². The van der Waals surface area contributed by atoms with Crippen LogP contribution in [0.15, 0.2) is 40.9 Å². The molecule has 0 unspecified atom stereocenters. The third-order valence-electron chi connectivity index (χ3n) is 2.92. The van der Waals surface area contributed by atoms with Crippen molar-refractivity contribution in [1.82, 2.24) is 10.2 Å². The van der Waals surface area contributed by atoms with Gasteiger partial charge in [-0.25, -0.2) is 8.78 Å². The molecule has 0 saturated heterocycles. The normalized spacial score (nSPS) is 11.0. The largest absolute Gasteiger partial charge is 0.206 e. The van der Waals surface area contributed by atoms with E-state index >= 15 is 0 Å². The van der Waals surface area contributed by atoms with Gasteiger partial charge in [0.25, 0.3) is 0 Å². The lowest BCUT2D eigenvalue weighted by atomic mass is 10.0. The lowest BCUT2D eigenvalue weighted by molar-refractivity contribution is 0.584. The smallest absolute Gasteiger partial charge is 0.159 e. The fourth-order valence-corrected chi connectivity index (χ4v) is 2.53. The molecule has 1 heterocycles. The molecule has 0 amide bonds. The van der Waals surface area contributed by atoms with Crippen molar-refractivity contribution in [3.8, 4) is 11.3 Å². The molecule has 0 aliphatic rings. The van der Waals surface area contributed by atoms with E-state index in [1.165, 1.54) is 12.1 Å². The first-order chi connectivity index (χ1) is 9.59. The SMILES string of the molecule is Fc1ccc(Br)c(F)c1-c1nnc(Cl)c2ccccc12. The summed E-state index contributed by atoms with van der Waals surface area (Å²) >= 11 is 9.00. The van der Waals surface area contributed by atoms with Gasteiger partial charge in [0.1, 0.15) is 17.3 Å². The molecule has 0 saturated carbocycles. The average Bonchev–Trinajstić information content (AvgIpc) is 2.46. The Bertz CT molecular complexity index is 824. The summed E-state index contributed by atoms with van der Waals surface area (Å²) in [5.41, 5.74) is -0.0963. The maximum absolute atomic E-state index is 14.2. The van der Waals surface area contributed by atoms with E-state index in [1.54, 1.807) is 24.3 Å². The highest BCUT2D eigenvalue weighted by Crippen LogP contribution is 2.34. The molecule has 3 aromatic rings. The standard InChI is InChI=1S/C14H6BrClF2N2/c15-9-5-6-10(17)11(12(9)18)13-7-3-1-2-4-8(7)14(16)20-19-13/h1-6H. The number of halogens is 4. The van der Waals surface area contributed by atoms with Crippen molar-refractivity contribution in [2.45, 2.75) is 0 Å². The van der Waals surface area contributed by atoms with Gasteiger partial charge in [0.2, 0.25) is 0 Å². The lowest BCUT2D eigenvalue weighted by Crippen LogP contribution is -1.97. The molecule has 3 rings (SSSR count). The first-order valence-corrected chi connectivity index (χ1v) is 6.81. The Kier molecular flexibility index (Phi) is 3.40. The molecule has 0 spiro atoms. The van der Waals surface area contributed by atoms with Crippen LogP contribution in [0.3, 0.4) is 0 Å². The van der Waals surface area contributed by atoms with Crippen molar-refractivity contribution in [2.75, 3.05) is 0 Å². The second-order valence-electron chi connectivity index (χ2n) is 4.10. The number of hydrogen-bond acceptors (Lipinski definition) is 2. The maximum Gasteiger partial charge on any atom is 0.159 e. The van der Waals surface area contributed by atoms with E-state index in [0.717, 1.165) is 0 Å². The molecule has 20 heavy (non-hydrogen) atoms. The van der Waals surface area contributed by atoms with E-state index in [2.05, 4.69) is 26.1 Å². The summed E-state index contributed by atoms with van der Waals surface area (Å²) in [6.45, 7) is 0. The summed E-state index contributed by atoms with van der Waals surface area (Å²) in [6, 6.07) is 9.42. The molecule has 0 aliphatic heterocycles. The van der Waals surface area contributed by atoms with Crippen LogP contribution in [0.5, 0.6) is 0 Å². The summed E-state index contributed by atoms with van der Waals surface area (Å²) in [4.78, 5) is 0. The number of fused-ring (bicyclic) bond motifs is 1. The van der Waals surface area contributed by atoms with Gasteiger partial charge in [-0.2, -0.15) is 0 Å². The Balaban J connectivity index is 2.42. The van der Waals surface area contributed by atoms with Crippen LogP contribution in [-0.2, 0) is 0 Å². The van der Waals surface area contributed by atoms with E-state index in [4.69, 9.17) is 11.6 Å². The molecular formula is C14H6BrClF2N2. The molecule has 6 heteroatoms. The van der Waals surface area contributed by atoms with Crippen LogP contribution in [-0.4, -0.2) is 10.2 Å². The third-order valence-corrected chi connectivity index (χ3v) is 3.81. The Morgan fingerprint density at radius 2 is 1.65 bits per heavy atom. The molecule has 1 aromatic heterocycles. The highest BCUT2D eigenvalue weighted by atomic mass is 79.9. The minimum absolute atomic E-state index is 0.126. The van der Waals surface area contributed by atoms with Crippen LogP contribution in [0.4, 0.5) is 8.78 Å². The van der Waals surface area contributed by atoms with Crippen LogP contribution in [0.25, 0.3) is 22.0 Å². The zero-order valence-electron chi connectivity index (χ0n) is 9.87. The summed E-state index contributed by atoms with van der Waals surface area (Å²) in [5.74, 6) is -1.42. The number of hydrogen-bond donors (Lipinski definition) is 0. The molecule has 0 bridgehead atoms. The molecule has 0 fully saturated rings. The Morgan fingerprint density at radius 1 is 0.950 bits per heavy atom. The molecule has 0 N–H and O–H groups in total. The minimum Gasteiger partial charge on any atom is -0.206 e. The van der Waals surface area contributed by atoms with E-state index in [9.17, 15) is 8.78 Å². The molecular weight excluding hydrogens is 350 g/mol. The van der Waals surface area contributed by atoms with Crippen molar-refractivity contribution in [3.63, 3.8) is 0 Å². The summed E-state index contributed by atoms with van der Waals surface area (Å²) in [7, 11) is 0. The second-order valence-corrected chi connectivity index (χ2v) is 5.32. The highest BCUT2D eigenvalue weighted by Gasteiger charge is 2.19. The fourth-order valence-electron chi connectivity index (χ4n) is 2.00. The fraction of sp³-hybridized carbons (Fsp3) is 0. The Labute approximate surface area is 126 Å².